The fourth-order valence-electron chi connectivity index (χ4n) is 3.22. The number of carboxylic acid groups (broad SMARTS) is 1. The fourth-order valence-corrected chi connectivity index (χ4v) is 5.00. The number of aromatic nitrogens is 2. The van der Waals surface area contributed by atoms with E-state index >= 15 is 0 Å². The number of thiazole rings is 1. The minimum atomic E-state index is -3.60. The number of imidazole rings is 1. The number of carbonyl (C=O) groups is 1. The first-order valence-corrected chi connectivity index (χ1v) is 10.4. The molecular formula is C15H21N3O4S2. The van der Waals surface area contributed by atoms with Gasteiger partial charge in [0.25, 0.3) is 0 Å². The molecule has 0 fully saturated rings. The molecule has 0 bridgehead atoms. The van der Waals surface area contributed by atoms with Gasteiger partial charge in [-0.2, -0.15) is 0 Å². The van der Waals surface area contributed by atoms with Crippen LogP contribution in [0.2, 0.25) is 0 Å². The lowest BCUT2D eigenvalue weighted by Gasteiger charge is -2.33. The largest absolute Gasteiger partial charge is 0.476 e. The minimum Gasteiger partial charge on any atom is -0.476 e. The number of aromatic carboxylic acids is 1. The summed E-state index contributed by atoms with van der Waals surface area (Å²) < 4.78 is 27.3. The molecule has 0 spiro atoms. The van der Waals surface area contributed by atoms with E-state index < -0.39 is 16.0 Å². The van der Waals surface area contributed by atoms with Crippen molar-refractivity contribution in [3.63, 3.8) is 0 Å². The Labute approximate surface area is 144 Å². The Bertz CT molecular complexity index is 919. The van der Waals surface area contributed by atoms with Gasteiger partial charge >= 0.3 is 5.97 Å². The summed E-state index contributed by atoms with van der Waals surface area (Å²) in [4.78, 5) is 17.3. The van der Waals surface area contributed by atoms with Gasteiger partial charge in [0.1, 0.15) is 0 Å². The van der Waals surface area contributed by atoms with Crippen LogP contribution in [0.3, 0.4) is 0 Å². The van der Waals surface area contributed by atoms with Crippen molar-refractivity contribution < 1.29 is 18.3 Å². The topological polar surface area (TPSA) is 101 Å². The highest BCUT2D eigenvalue weighted by Crippen LogP contribution is 2.41. The Hall–Kier alpha value is -1.61. The second-order valence-electron chi connectivity index (χ2n) is 7.38. The summed E-state index contributed by atoms with van der Waals surface area (Å²) in [7, 11) is -3.60. The highest BCUT2D eigenvalue weighted by molar-refractivity contribution is 7.92. The molecule has 0 aliphatic heterocycles. The number of fused-ring (bicyclic) bond motifs is 3. The Kier molecular flexibility index (Phi) is 3.91. The van der Waals surface area contributed by atoms with Crippen molar-refractivity contribution in [1.29, 1.82) is 0 Å². The summed E-state index contributed by atoms with van der Waals surface area (Å²) in [6, 6.07) is 0. The number of nitrogens with one attached hydrogen (secondary N) is 1. The molecule has 7 nitrogen and oxygen atoms in total. The van der Waals surface area contributed by atoms with Gasteiger partial charge in [0, 0.05) is 10.6 Å². The van der Waals surface area contributed by atoms with Gasteiger partial charge in [-0.3, -0.25) is 9.12 Å². The molecule has 9 heteroatoms. The molecule has 0 radical (unpaired) electrons. The molecule has 24 heavy (non-hydrogen) atoms. The second kappa shape index (κ2) is 5.45. The van der Waals surface area contributed by atoms with Crippen LogP contribution in [0.4, 0.5) is 5.82 Å². The first-order chi connectivity index (χ1) is 11.0. The van der Waals surface area contributed by atoms with Crippen LogP contribution in [0, 0.1) is 11.3 Å². The van der Waals surface area contributed by atoms with Crippen LogP contribution in [0.5, 0.6) is 0 Å². The average Bonchev–Trinajstić information content (AvgIpc) is 2.92. The molecule has 3 rings (SSSR count). The van der Waals surface area contributed by atoms with Crippen LogP contribution in [0.1, 0.15) is 48.3 Å². The lowest BCUT2D eigenvalue weighted by atomic mass is 9.73. The summed E-state index contributed by atoms with van der Waals surface area (Å²) in [5.41, 5.74) is 0.915. The molecule has 2 N–H and O–H groups in total. The third kappa shape index (κ3) is 3.02. The van der Waals surface area contributed by atoms with Crippen LogP contribution in [0.25, 0.3) is 4.96 Å². The third-order valence-corrected chi connectivity index (χ3v) is 6.19. The molecule has 1 aliphatic carbocycles. The van der Waals surface area contributed by atoms with Gasteiger partial charge in [-0.1, -0.05) is 20.8 Å². The maximum atomic E-state index is 11.6. The van der Waals surface area contributed by atoms with Crippen molar-refractivity contribution in [3.8, 4) is 0 Å². The molecule has 0 aromatic carbocycles. The number of nitrogens with zero attached hydrogens (tertiary/aromatic N) is 2. The molecule has 1 unspecified atom stereocenters. The van der Waals surface area contributed by atoms with Crippen LogP contribution in [-0.2, 0) is 22.9 Å². The van der Waals surface area contributed by atoms with E-state index in [0.29, 0.717) is 10.9 Å². The van der Waals surface area contributed by atoms with E-state index in [9.17, 15) is 18.3 Å². The summed E-state index contributed by atoms with van der Waals surface area (Å²) in [6.07, 6.45) is 3.69. The van der Waals surface area contributed by atoms with Gasteiger partial charge in [-0.15, -0.1) is 11.3 Å². The second-order valence-corrected chi connectivity index (χ2v) is 10.2. The minimum absolute atomic E-state index is 0.0340. The number of rotatable bonds is 3. The third-order valence-electron chi connectivity index (χ3n) is 4.52. The zero-order valence-electron chi connectivity index (χ0n) is 14.1. The Morgan fingerprint density at radius 1 is 1.42 bits per heavy atom. The zero-order valence-corrected chi connectivity index (χ0v) is 15.7. The van der Waals surface area contributed by atoms with Crippen molar-refractivity contribution in [2.45, 2.75) is 40.0 Å². The summed E-state index contributed by atoms with van der Waals surface area (Å²) in [5.74, 6) is -0.667. The summed E-state index contributed by atoms with van der Waals surface area (Å²) in [5, 5.41) is 9.33. The Balaban J connectivity index is 2.14. The lowest BCUT2D eigenvalue weighted by Crippen LogP contribution is -2.26. The first-order valence-electron chi connectivity index (χ1n) is 7.71. The maximum Gasteiger partial charge on any atom is 0.358 e. The van der Waals surface area contributed by atoms with E-state index in [4.69, 9.17) is 0 Å². The number of hydrogen-bond donors (Lipinski definition) is 2. The summed E-state index contributed by atoms with van der Waals surface area (Å²) in [6.45, 7) is 6.67. The molecular weight excluding hydrogens is 350 g/mol. The monoisotopic (exact) mass is 371 g/mol. The summed E-state index contributed by atoms with van der Waals surface area (Å²) >= 11 is 1.45. The molecule has 1 aliphatic rings. The zero-order chi connectivity index (χ0) is 17.9. The van der Waals surface area contributed by atoms with Gasteiger partial charge in [-0.05, 0) is 30.6 Å². The van der Waals surface area contributed by atoms with Crippen LogP contribution < -0.4 is 4.72 Å². The van der Waals surface area contributed by atoms with Gasteiger partial charge in [0.05, 0.1) is 6.26 Å². The van der Waals surface area contributed by atoms with E-state index in [-0.39, 0.29) is 16.9 Å². The Morgan fingerprint density at radius 2 is 2.08 bits per heavy atom. The number of aryl methyl sites for hydroxylation is 1. The average molecular weight is 371 g/mol. The fraction of sp³-hybridized carbons (Fsp3) is 0.600. The van der Waals surface area contributed by atoms with Crippen LogP contribution >= 0.6 is 11.3 Å². The smallest absolute Gasteiger partial charge is 0.358 e. The number of hydrogen-bond acceptors (Lipinski definition) is 5. The van der Waals surface area contributed by atoms with Crippen molar-refractivity contribution >= 4 is 38.1 Å². The molecule has 0 amide bonds. The first kappa shape index (κ1) is 17.2. The molecule has 2 aromatic heterocycles. The van der Waals surface area contributed by atoms with Gasteiger partial charge in [-0.25, -0.2) is 18.2 Å². The van der Waals surface area contributed by atoms with E-state index in [1.807, 2.05) is 0 Å². The normalized spacial score (nSPS) is 18.6. The Morgan fingerprint density at radius 3 is 2.62 bits per heavy atom. The van der Waals surface area contributed by atoms with Crippen molar-refractivity contribution in [3.05, 3.63) is 16.3 Å². The van der Waals surface area contributed by atoms with Crippen molar-refractivity contribution in [2.75, 3.05) is 11.0 Å². The molecule has 2 aromatic rings. The van der Waals surface area contributed by atoms with Gasteiger partial charge < -0.3 is 5.11 Å². The van der Waals surface area contributed by atoms with Crippen LogP contribution in [0.15, 0.2) is 0 Å². The lowest BCUT2D eigenvalue weighted by molar-refractivity contribution is 0.0692. The predicted octanol–water partition coefficient (Wildman–Crippen LogP) is 2.62. The molecule has 0 saturated heterocycles. The maximum absolute atomic E-state index is 11.6. The number of sulfonamides is 1. The molecule has 132 valence electrons. The van der Waals surface area contributed by atoms with Gasteiger partial charge in [0.2, 0.25) is 10.0 Å². The highest BCUT2D eigenvalue weighted by atomic mass is 32.2. The molecule has 0 saturated carbocycles. The van der Waals surface area contributed by atoms with E-state index in [2.05, 4.69) is 30.5 Å². The van der Waals surface area contributed by atoms with Crippen LogP contribution in [-0.4, -0.2) is 35.1 Å². The van der Waals surface area contributed by atoms with E-state index in [1.165, 1.54) is 11.3 Å². The number of carboxylic acids is 1. The molecule has 1 atom stereocenters. The van der Waals surface area contributed by atoms with E-state index in [0.717, 1.165) is 36.1 Å². The van der Waals surface area contributed by atoms with Crippen molar-refractivity contribution in [1.82, 2.24) is 9.38 Å². The molecule has 2 heterocycles. The quantitative estimate of drug-likeness (QED) is 0.864. The van der Waals surface area contributed by atoms with E-state index in [1.54, 1.807) is 4.40 Å². The number of anilines is 1. The SMILES string of the molecule is CC(C)(C)C1CCc2c(sc3nc(C(=O)O)c(NS(C)(=O)=O)n23)C1. The van der Waals surface area contributed by atoms with Gasteiger partial charge in [0.15, 0.2) is 16.5 Å². The predicted molar refractivity (Wildman–Crippen MR) is 93.5 cm³/mol. The standard InChI is InChI=1S/C15H21N3O4S2/c1-15(2,3)8-5-6-9-10(7-8)23-14-16-11(13(19)20)12(18(9)14)17-24(4,21)22/h8,17H,5-7H2,1-4H3,(H,19,20). The van der Waals surface area contributed by atoms with Crippen molar-refractivity contribution in [2.24, 2.45) is 11.3 Å². The highest BCUT2D eigenvalue weighted by Gasteiger charge is 2.33.